The van der Waals surface area contributed by atoms with Gasteiger partial charge in [0, 0.05) is 21.4 Å². The molecule has 2 heteroatoms. The fourth-order valence-corrected chi connectivity index (χ4v) is 4.01. The Morgan fingerprint density at radius 3 is 1.74 bits per heavy atom. The van der Waals surface area contributed by atoms with Gasteiger partial charge in [-0.15, -0.1) is 0 Å². The van der Waals surface area contributed by atoms with Crippen LogP contribution in [0, 0.1) is 13.8 Å². The Kier molecular flexibility index (Phi) is 3.42. The summed E-state index contributed by atoms with van der Waals surface area (Å²) in [6, 6.07) is 21.4. The molecule has 0 radical (unpaired) electrons. The van der Waals surface area contributed by atoms with Crippen LogP contribution in [0.2, 0.25) is 0 Å². The Morgan fingerprint density at radius 1 is 0.696 bits per heavy atom. The van der Waals surface area contributed by atoms with Crippen molar-refractivity contribution < 1.29 is 0 Å². The predicted octanol–water partition coefficient (Wildman–Crippen LogP) is 6.43. The minimum atomic E-state index is 1.05. The minimum Gasteiger partial charge on any atom is -0.258 e. The number of hydrogen-bond acceptors (Lipinski definition) is 1. The molecule has 0 saturated carbocycles. The summed E-state index contributed by atoms with van der Waals surface area (Å²) >= 11 is 3.80. The van der Waals surface area contributed by atoms with E-state index in [0.717, 1.165) is 15.9 Å². The number of pyridine rings is 1. The minimum absolute atomic E-state index is 1.05. The number of halogens is 1. The van der Waals surface area contributed by atoms with Crippen molar-refractivity contribution in [1.82, 2.24) is 4.98 Å². The summed E-state index contributed by atoms with van der Waals surface area (Å²) in [5.41, 5.74) is 4.60. The first kappa shape index (κ1) is 14.4. The maximum atomic E-state index is 4.67. The van der Waals surface area contributed by atoms with Crippen LogP contribution in [0.4, 0.5) is 0 Å². The molecule has 4 aromatic rings. The highest BCUT2D eigenvalue weighted by molar-refractivity contribution is 9.10. The van der Waals surface area contributed by atoms with Crippen LogP contribution in [-0.4, -0.2) is 4.98 Å². The third-order valence-corrected chi connectivity index (χ3v) is 5.21. The van der Waals surface area contributed by atoms with E-state index >= 15 is 0 Å². The van der Waals surface area contributed by atoms with E-state index in [9.17, 15) is 0 Å². The van der Waals surface area contributed by atoms with Gasteiger partial charge < -0.3 is 0 Å². The number of benzene rings is 3. The van der Waals surface area contributed by atoms with Gasteiger partial charge in [-0.25, -0.2) is 0 Å². The second-order valence-corrected chi connectivity index (χ2v) is 6.66. The molecule has 4 rings (SSSR count). The van der Waals surface area contributed by atoms with Gasteiger partial charge in [0.15, 0.2) is 0 Å². The lowest BCUT2D eigenvalue weighted by molar-refractivity contribution is 1.13. The molecule has 1 aromatic heterocycles. The van der Waals surface area contributed by atoms with Crippen molar-refractivity contribution in [2.75, 3.05) is 0 Å². The summed E-state index contributed by atoms with van der Waals surface area (Å²) < 4.78 is 1.16. The molecule has 0 aliphatic carbocycles. The lowest BCUT2D eigenvalue weighted by Gasteiger charge is -2.15. The first-order valence-electron chi connectivity index (χ1n) is 7.70. The van der Waals surface area contributed by atoms with Gasteiger partial charge in [0.05, 0.1) is 0 Å². The quantitative estimate of drug-likeness (QED) is 0.355. The van der Waals surface area contributed by atoms with Gasteiger partial charge in [0.1, 0.15) is 0 Å². The fraction of sp³-hybridized carbons (Fsp3) is 0.0952. The molecule has 23 heavy (non-hydrogen) atoms. The number of hydrogen-bond donors (Lipinski definition) is 0. The van der Waals surface area contributed by atoms with Crippen LogP contribution in [0.1, 0.15) is 11.4 Å². The molecule has 0 fully saturated rings. The Morgan fingerprint density at radius 2 is 1.22 bits per heavy atom. The van der Waals surface area contributed by atoms with Gasteiger partial charge in [-0.3, -0.25) is 4.98 Å². The van der Waals surface area contributed by atoms with Crippen molar-refractivity contribution in [2.45, 2.75) is 13.8 Å². The first-order chi connectivity index (χ1) is 11.2. The maximum absolute atomic E-state index is 4.67. The van der Waals surface area contributed by atoms with Gasteiger partial charge >= 0.3 is 0 Å². The summed E-state index contributed by atoms with van der Waals surface area (Å²) in [4.78, 5) is 4.67. The Bertz CT molecular complexity index is 993. The molecule has 0 aliphatic heterocycles. The highest BCUT2D eigenvalue weighted by atomic mass is 79.9. The zero-order valence-electron chi connectivity index (χ0n) is 13.1. The van der Waals surface area contributed by atoms with Crippen LogP contribution in [0.3, 0.4) is 0 Å². The van der Waals surface area contributed by atoms with E-state index in [2.05, 4.69) is 88.5 Å². The predicted molar refractivity (Wildman–Crippen MR) is 102 cm³/mol. The van der Waals surface area contributed by atoms with E-state index < -0.39 is 0 Å². The average molecular weight is 362 g/mol. The molecule has 0 N–H and O–H groups in total. The largest absolute Gasteiger partial charge is 0.258 e. The SMILES string of the molecule is Cc1ccc(-c2c3ccccc3c(Br)c3ccccc23)c(C)n1. The highest BCUT2D eigenvalue weighted by Crippen LogP contribution is 2.42. The summed E-state index contributed by atoms with van der Waals surface area (Å²) in [6.07, 6.45) is 0. The van der Waals surface area contributed by atoms with Gasteiger partial charge in [0.25, 0.3) is 0 Å². The standard InChI is InChI=1S/C21H16BrN/c1-13-11-12-15(14(2)23-13)20-16-7-3-5-9-18(16)21(22)19-10-6-4-8-17(19)20/h3-12H,1-2H3. The lowest BCUT2D eigenvalue weighted by Crippen LogP contribution is -1.93. The van der Waals surface area contributed by atoms with Crippen molar-refractivity contribution in [2.24, 2.45) is 0 Å². The van der Waals surface area contributed by atoms with Crippen molar-refractivity contribution in [3.05, 3.63) is 76.5 Å². The molecule has 0 amide bonds. The highest BCUT2D eigenvalue weighted by Gasteiger charge is 2.15. The van der Waals surface area contributed by atoms with E-state index in [1.165, 1.54) is 32.7 Å². The molecule has 1 heterocycles. The molecule has 3 aromatic carbocycles. The van der Waals surface area contributed by atoms with E-state index in [0.29, 0.717) is 0 Å². The van der Waals surface area contributed by atoms with E-state index in [1.807, 2.05) is 6.92 Å². The van der Waals surface area contributed by atoms with Crippen LogP contribution in [-0.2, 0) is 0 Å². The summed E-state index contributed by atoms with van der Waals surface area (Å²) in [5, 5.41) is 4.99. The van der Waals surface area contributed by atoms with Crippen LogP contribution < -0.4 is 0 Å². The number of fused-ring (bicyclic) bond motifs is 2. The Balaban J connectivity index is 2.25. The number of nitrogens with zero attached hydrogens (tertiary/aromatic N) is 1. The van der Waals surface area contributed by atoms with Crippen LogP contribution in [0.15, 0.2) is 65.1 Å². The Hall–Kier alpha value is -2.19. The van der Waals surface area contributed by atoms with E-state index in [-0.39, 0.29) is 0 Å². The fourth-order valence-electron chi connectivity index (χ4n) is 3.32. The molecule has 0 saturated heterocycles. The lowest BCUT2D eigenvalue weighted by atomic mass is 9.91. The molecule has 0 spiro atoms. The topological polar surface area (TPSA) is 12.9 Å². The zero-order valence-corrected chi connectivity index (χ0v) is 14.7. The van der Waals surface area contributed by atoms with Crippen LogP contribution in [0.5, 0.6) is 0 Å². The van der Waals surface area contributed by atoms with Crippen molar-refractivity contribution in [1.29, 1.82) is 0 Å². The molecule has 1 nitrogen and oxygen atoms in total. The summed E-state index contributed by atoms with van der Waals surface area (Å²) in [7, 11) is 0. The van der Waals surface area contributed by atoms with Gasteiger partial charge in [-0.1, -0.05) is 54.6 Å². The monoisotopic (exact) mass is 361 g/mol. The maximum Gasteiger partial charge on any atom is 0.0454 e. The normalized spacial score (nSPS) is 11.3. The van der Waals surface area contributed by atoms with Crippen LogP contribution >= 0.6 is 15.9 Å². The van der Waals surface area contributed by atoms with Crippen molar-refractivity contribution in [3.8, 4) is 11.1 Å². The van der Waals surface area contributed by atoms with Crippen LogP contribution in [0.25, 0.3) is 32.7 Å². The van der Waals surface area contributed by atoms with Crippen molar-refractivity contribution in [3.63, 3.8) is 0 Å². The third-order valence-electron chi connectivity index (χ3n) is 4.36. The zero-order chi connectivity index (χ0) is 16.0. The summed E-state index contributed by atoms with van der Waals surface area (Å²) in [5.74, 6) is 0. The summed E-state index contributed by atoms with van der Waals surface area (Å²) in [6.45, 7) is 4.13. The number of rotatable bonds is 1. The Labute approximate surface area is 144 Å². The van der Waals surface area contributed by atoms with Crippen molar-refractivity contribution >= 4 is 37.5 Å². The van der Waals surface area contributed by atoms with Gasteiger partial charge in [0.2, 0.25) is 0 Å². The number of aromatic nitrogens is 1. The molecular formula is C21H16BrN. The molecule has 112 valence electrons. The van der Waals surface area contributed by atoms with E-state index in [4.69, 9.17) is 0 Å². The second-order valence-electron chi connectivity index (χ2n) is 5.87. The molecule has 0 unspecified atom stereocenters. The van der Waals surface area contributed by atoms with E-state index in [1.54, 1.807) is 0 Å². The van der Waals surface area contributed by atoms with Gasteiger partial charge in [-0.2, -0.15) is 0 Å². The third kappa shape index (κ3) is 2.25. The smallest absolute Gasteiger partial charge is 0.0454 e. The molecular weight excluding hydrogens is 346 g/mol. The molecule has 0 aliphatic rings. The first-order valence-corrected chi connectivity index (χ1v) is 8.49. The van der Waals surface area contributed by atoms with Gasteiger partial charge in [-0.05, 0) is 63.0 Å². The molecule has 0 bridgehead atoms. The second kappa shape index (κ2) is 5.47. The number of aryl methyl sites for hydroxylation is 2. The molecule has 0 atom stereocenters. The average Bonchev–Trinajstić information content (AvgIpc) is 2.57.